The number of rotatable bonds is 13. The van der Waals surface area contributed by atoms with Crippen LogP contribution >= 0.6 is 0 Å². The molecule has 0 radical (unpaired) electrons. The van der Waals surface area contributed by atoms with Crippen molar-refractivity contribution in [3.63, 3.8) is 0 Å². The van der Waals surface area contributed by atoms with Gasteiger partial charge in [0.2, 0.25) is 11.8 Å². The third kappa shape index (κ3) is 7.50. The lowest BCUT2D eigenvalue weighted by molar-refractivity contribution is -0.132. The number of nitrogens with one attached hydrogen (secondary N) is 1. The fourth-order valence-electron chi connectivity index (χ4n) is 5.93. The molecule has 3 aromatic rings. The van der Waals surface area contributed by atoms with Gasteiger partial charge >= 0.3 is 0 Å². The molecule has 1 aromatic heterocycles. The van der Waals surface area contributed by atoms with Gasteiger partial charge in [0, 0.05) is 81.1 Å². The first-order valence-electron chi connectivity index (χ1n) is 14.4. The summed E-state index contributed by atoms with van der Waals surface area (Å²) in [5.74, 6) is 0.344. The summed E-state index contributed by atoms with van der Waals surface area (Å²) < 4.78 is 12.7. The van der Waals surface area contributed by atoms with Gasteiger partial charge in [0.05, 0.1) is 13.0 Å². The molecule has 0 aliphatic carbocycles. The lowest BCUT2D eigenvalue weighted by Crippen LogP contribution is -2.42. The molecule has 8 heteroatoms. The van der Waals surface area contributed by atoms with Gasteiger partial charge < -0.3 is 30.0 Å². The zero-order chi connectivity index (χ0) is 28.5. The molecule has 0 spiro atoms. The maximum Gasteiger partial charge on any atom is 0.226 e. The number of fused-ring (bicyclic) bond motifs is 1. The van der Waals surface area contributed by atoms with Crippen LogP contribution in [0.15, 0.2) is 48.5 Å². The second kappa shape index (κ2) is 14.4. The van der Waals surface area contributed by atoms with Crippen LogP contribution in [-0.2, 0) is 32.0 Å². The van der Waals surface area contributed by atoms with Crippen molar-refractivity contribution >= 4 is 28.4 Å². The van der Waals surface area contributed by atoms with Gasteiger partial charge in [-0.05, 0) is 61.9 Å². The molecule has 1 fully saturated rings. The fourth-order valence-corrected chi connectivity index (χ4v) is 5.93. The maximum absolute atomic E-state index is 13.4. The second-order valence-electron chi connectivity index (χ2n) is 10.9. The van der Waals surface area contributed by atoms with Gasteiger partial charge in [0.1, 0.15) is 0 Å². The summed E-state index contributed by atoms with van der Waals surface area (Å²) >= 11 is 0. The minimum Gasteiger partial charge on any atom is -0.385 e. The van der Waals surface area contributed by atoms with Gasteiger partial charge in [-0.15, -0.1) is 0 Å². The number of nitrogens with two attached hydrogens (primary N) is 1. The van der Waals surface area contributed by atoms with Crippen LogP contribution in [0.4, 0.5) is 5.69 Å². The average molecular weight is 549 g/mol. The molecule has 1 aliphatic heterocycles. The Kier molecular flexibility index (Phi) is 10.7. The molecule has 0 bridgehead atoms. The first-order chi connectivity index (χ1) is 19.4. The number of piperidine rings is 1. The number of nitrogens with zero attached hydrogens (tertiary/aromatic N) is 2. The number of benzene rings is 2. The van der Waals surface area contributed by atoms with Crippen molar-refractivity contribution in [2.45, 2.75) is 64.0 Å². The number of methoxy groups -OCH3 is 2. The lowest BCUT2D eigenvalue weighted by atomic mass is 9.91. The van der Waals surface area contributed by atoms with Crippen LogP contribution in [0.1, 0.15) is 54.8 Å². The summed E-state index contributed by atoms with van der Waals surface area (Å²) in [6, 6.07) is 16.0. The van der Waals surface area contributed by atoms with Gasteiger partial charge in [-0.1, -0.05) is 30.3 Å². The molecule has 1 saturated heterocycles. The van der Waals surface area contributed by atoms with Gasteiger partial charge in [-0.2, -0.15) is 0 Å². The Bertz CT molecular complexity index is 1270. The summed E-state index contributed by atoms with van der Waals surface area (Å²) in [5.41, 5.74) is 12.2. The van der Waals surface area contributed by atoms with Crippen LogP contribution in [0.2, 0.25) is 0 Å². The highest BCUT2D eigenvalue weighted by atomic mass is 16.5. The predicted molar refractivity (Wildman–Crippen MR) is 160 cm³/mol. The van der Waals surface area contributed by atoms with E-state index in [1.807, 2.05) is 29.2 Å². The number of carbonyl (C=O) groups is 2. The number of carbonyl (C=O) groups excluding carboxylic acids is 2. The largest absolute Gasteiger partial charge is 0.385 e. The predicted octanol–water partition coefficient (Wildman–Crippen LogP) is 4.63. The molecule has 3 N–H and O–H groups in total. The third-order valence-electron chi connectivity index (χ3n) is 7.87. The molecular formula is C32H44N4O4. The molecule has 4 rings (SSSR count). The van der Waals surface area contributed by atoms with Gasteiger partial charge in [0.25, 0.3) is 0 Å². The van der Waals surface area contributed by atoms with E-state index in [2.05, 4.69) is 41.1 Å². The Morgan fingerprint density at radius 3 is 2.58 bits per heavy atom. The molecule has 1 unspecified atom stereocenters. The molecule has 2 heterocycles. The normalized spacial score (nSPS) is 16.3. The topological polar surface area (TPSA) is 98.8 Å². The molecule has 0 saturated carbocycles. The van der Waals surface area contributed by atoms with E-state index in [9.17, 15) is 9.59 Å². The Hall–Kier alpha value is -3.20. The Morgan fingerprint density at radius 1 is 1.07 bits per heavy atom. The molecule has 2 aromatic carbocycles. The van der Waals surface area contributed by atoms with E-state index in [-0.39, 0.29) is 17.9 Å². The lowest BCUT2D eigenvalue weighted by Gasteiger charge is -2.34. The number of amides is 2. The second-order valence-corrected chi connectivity index (χ2v) is 10.9. The summed E-state index contributed by atoms with van der Waals surface area (Å²) in [5, 5.41) is 4.15. The SMILES string of the molecule is COCCCn1c(C2CCCN(C(=O)C[C@H](N)Cc3ccc(NC(=O)CCOC)cc3)C2)c(C)c2ccccc21. The number of ether oxygens (including phenoxy) is 2. The molecule has 40 heavy (non-hydrogen) atoms. The van der Waals surface area contributed by atoms with Crippen LogP contribution in [0.3, 0.4) is 0 Å². The van der Waals surface area contributed by atoms with Crippen molar-refractivity contribution in [2.24, 2.45) is 5.73 Å². The first kappa shape index (κ1) is 29.8. The minimum atomic E-state index is -0.266. The smallest absolute Gasteiger partial charge is 0.226 e. The third-order valence-corrected chi connectivity index (χ3v) is 7.87. The number of aryl methyl sites for hydroxylation is 2. The summed E-state index contributed by atoms with van der Waals surface area (Å²) in [6.45, 7) is 5.75. The quantitative estimate of drug-likeness (QED) is 0.304. The van der Waals surface area contributed by atoms with E-state index < -0.39 is 0 Å². The van der Waals surface area contributed by atoms with E-state index in [0.717, 1.165) is 56.8 Å². The zero-order valence-corrected chi connectivity index (χ0v) is 24.2. The van der Waals surface area contributed by atoms with Crippen molar-refractivity contribution < 1.29 is 19.1 Å². The number of hydrogen-bond acceptors (Lipinski definition) is 5. The fraction of sp³-hybridized carbons (Fsp3) is 0.500. The molecule has 2 amide bonds. The highest BCUT2D eigenvalue weighted by Crippen LogP contribution is 2.36. The molecule has 8 nitrogen and oxygen atoms in total. The first-order valence-corrected chi connectivity index (χ1v) is 14.4. The Balaban J connectivity index is 1.37. The monoisotopic (exact) mass is 548 g/mol. The van der Waals surface area contributed by atoms with Crippen molar-refractivity contribution in [3.8, 4) is 0 Å². The summed E-state index contributed by atoms with van der Waals surface area (Å²) in [7, 11) is 3.32. The van der Waals surface area contributed by atoms with Crippen LogP contribution in [0, 0.1) is 6.92 Å². The van der Waals surface area contributed by atoms with Crippen LogP contribution in [0.5, 0.6) is 0 Å². The maximum atomic E-state index is 13.4. The Labute approximate surface area is 237 Å². The van der Waals surface area contributed by atoms with Crippen LogP contribution in [0.25, 0.3) is 10.9 Å². The number of anilines is 1. The van der Waals surface area contributed by atoms with Crippen molar-refractivity contribution in [2.75, 3.05) is 45.8 Å². The number of aromatic nitrogens is 1. The molecule has 1 aliphatic rings. The average Bonchev–Trinajstić information content (AvgIpc) is 3.24. The van der Waals surface area contributed by atoms with Gasteiger partial charge in [-0.25, -0.2) is 0 Å². The number of likely N-dealkylation sites (tertiary alicyclic amines) is 1. The van der Waals surface area contributed by atoms with Crippen molar-refractivity contribution in [3.05, 3.63) is 65.4 Å². The van der Waals surface area contributed by atoms with Crippen molar-refractivity contribution in [1.82, 2.24) is 9.47 Å². The molecule has 216 valence electrons. The van der Waals surface area contributed by atoms with Gasteiger partial charge in [-0.3, -0.25) is 9.59 Å². The number of para-hydroxylation sites is 1. The van der Waals surface area contributed by atoms with E-state index >= 15 is 0 Å². The van der Waals surface area contributed by atoms with Crippen LogP contribution in [-0.4, -0.2) is 67.8 Å². The van der Waals surface area contributed by atoms with Crippen molar-refractivity contribution in [1.29, 1.82) is 0 Å². The van der Waals surface area contributed by atoms with Gasteiger partial charge in [0.15, 0.2) is 0 Å². The van der Waals surface area contributed by atoms with E-state index in [0.29, 0.717) is 31.8 Å². The summed E-state index contributed by atoms with van der Waals surface area (Å²) in [4.78, 5) is 27.3. The zero-order valence-electron chi connectivity index (χ0n) is 24.2. The molecule has 2 atom stereocenters. The standard InChI is InChI=1S/C32H44N4O4/c1-23-28-9-4-5-10-29(28)36(17-7-18-39-2)32(23)25-8-6-16-35(22-25)31(38)21-26(33)20-24-11-13-27(14-12-24)34-30(37)15-19-40-3/h4-5,9-14,25-26H,6-8,15-22,33H2,1-3H3,(H,34,37)/t25?,26-/m1/s1. The summed E-state index contributed by atoms with van der Waals surface area (Å²) in [6.07, 6.45) is 4.25. The van der Waals surface area contributed by atoms with E-state index in [1.54, 1.807) is 14.2 Å². The van der Waals surface area contributed by atoms with E-state index in [1.165, 1.54) is 22.2 Å². The molecular weight excluding hydrogens is 504 g/mol. The van der Waals surface area contributed by atoms with Crippen LogP contribution < -0.4 is 11.1 Å². The Morgan fingerprint density at radius 2 is 1.82 bits per heavy atom. The highest BCUT2D eigenvalue weighted by molar-refractivity contribution is 5.90. The highest BCUT2D eigenvalue weighted by Gasteiger charge is 2.29. The van der Waals surface area contributed by atoms with E-state index in [4.69, 9.17) is 15.2 Å². The minimum absolute atomic E-state index is 0.0812. The number of hydrogen-bond donors (Lipinski definition) is 2.